The number of benzene rings is 2. The van der Waals surface area contributed by atoms with Crippen LogP contribution in [0.3, 0.4) is 0 Å². The van der Waals surface area contributed by atoms with Crippen LogP contribution in [-0.2, 0) is 6.54 Å². The zero-order valence-electron chi connectivity index (χ0n) is 11.2. The van der Waals surface area contributed by atoms with Gasteiger partial charge < -0.3 is 9.64 Å². The third-order valence-electron chi connectivity index (χ3n) is 2.88. The number of hydrogen-bond acceptors (Lipinski definition) is 2. The van der Waals surface area contributed by atoms with E-state index in [1.54, 1.807) is 7.11 Å². The van der Waals surface area contributed by atoms with Crippen LogP contribution in [0.2, 0.25) is 0 Å². The molecule has 0 aliphatic rings. The molecule has 0 aliphatic carbocycles. The Kier molecular flexibility index (Phi) is 4.00. The van der Waals surface area contributed by atoms with Crippen molar-refractivity contribution in [2.24, 2.45) is 0 Å². The lowest BCUT2D eigenvalue weighted by Gasteiger charge is -2.14. The van der Waals surface area contributed by atoms with Crippen molar-refractivity contribution in [1.29, 1.82) is 0 Å². The molecule has 2 aromatic rings. The lowest BCUT2D eigenvalue weighted by Crippen LogP contribution is -2.11. The standard InChI is InChI=1S/C16H19NO/c1-17(2)12-14-7-4-5-10-16(14)13-8-6-9-15(11-13)18-3/h4-11H,12H2,1-3H3. The van der Waals surface area contributed by atoms with Crippen molar-refractivity contribution in [2.45, 2.75) is 6.54 Å². The average molecular weight is 241 g/mol. The van der Waals surface area contributed by atoms with Crippen LogP contribution in [0.15, 0.2) is 48.5 Å². The zero-order chi connectivity index (χ0) is 13.0. The number of hydrogen-bond donors (Lipinski definition) is 0. The van der Waals surface area contributed by atoms with Crippen LogP contribution in [-0.4, -0.2) is 26.1 Å². The van der Waals surface area contributed by atoms with E-state index in [-0.39, 0.29) is 0 Å². The van der Waals surface area contributed by atoms with E-state index in [1.165, 1.54) is 16.7 Å². The van der Waals surface area contributed by atoms with Gasteiger partial charge >= 0.3 is 0 Å². The van der Waals surface area contributed by atoms with Crippen LogP contribution in [0.25, 0.3) is 11.1 Å². The van der Waals surface area contributed by atoms with Crippen molar-refractivity contribution < 1.29 is 4.74 Å². The summed E-state index contributed by atoms with van der Waals surface area (Å²) in [6.45, 7) is 0.938. The van der Waals surface area contributed by atoms with Crippen LogP contribution in [0.5, 0.6) is 5.75 Å². The monoisotopic (exact) mass is 241 g/mol. The van der Waals surface area contributed by atoms with Gasteiger partial charge in [-0.15, -0.1) is 0 Å². The summed E-state index contributed by atoms with van der Waals surface area (Å²) in [4.78, 5) is 2.18. The van der Waals surface area contributed by atoms with Gasteiger partial charge in [0.2, 0.25) is 0 Å². The minimum absolute atomic E-state index is 0.896. The maximum atomic E-state index is 5.29. The van der Waals surface area contributed by atoms with E-state index < -0.39 is 0 Å². The van der Waals surface area contributed by atoms with Crippen molar-refractivity contribution in [3.8, 4) is 16.9 Å². The van der Waals surface area contributed by atoms with Crippen molar-refractivity contribution >= 4 is 0 Å². The predicted molar refractivity (Wildman–Crippen MR) is 75.8 cm³/mol. The van der Waals surface area contributed by atoms with E-state index in [2.05, 4.69) is 55.4 Å². The molecule has 18 heavy (non-hydrogen) atoms. The smallest absolute Gasteiger partial charge is 0.119 e. The Balaban J connectivity index is 2.42. The molecule has 0 fully saturated rings. The van der Waals surface area contributed by atoms with Gasteiger partial charge in [-0.25, -0.2) is 0 Å². The molecule has 0 aliphatic heterocycles. The molecule has 0 saturated carbocycles. The van der Waals surface area contributed by atoms with Crippen molar-refractivity contribution in [2.75, 3.05) is 21.2 Å². The van der Waals surface area contributed by atoms with Crippen molar-refractivity contribution in [3.05, 3.63) is 54.1 Å². The van der Waals surface area contributed by atoms with Gasteiger partial charge in [-0.1, -0.05) is 36.4 Å². The molecule has 0 saturated heterocycles. The topological polar surface area (TPSA) is 12.5 Å². The van der Waals surface area contributed by atoms with Crippen LogP contribution >= 0.6 is 0 Å². The second-order valence-electron chi connectivity index (χ2n) is 4.63. The second-order valence-corrected chi connectivity index (χ2v) is 4.63. The van der Waals surface area contributed by atoms with E-state index >= 15 is 0 Å². The van der Waals surface area contributed by atoms with Crippen LogP contribution in [0.4, 0.5) is 0 Å². The highest BCUT2D eigenvalue weighted by atomic mass is 16.5. The normalized spacial score (nSPS) is 10.7. The van der Waals surface area contributed by atoms with Crippen LogP contribution in [0, 0.1) is 0 Å². The number of ether oxygens (including phenoxy) is 1. The summed E-state index contributed by atoms with van der Waals surface area (Å²) in [7, 11) is 5.87. The second kappa shape index (κ2) is 5.69. The molecule has 0 radical (unpaired) electrons. The predicted octanol–water partition coefficient (Wildman–Crippen LogP) is 3.42. The van der Waals surface area contributed by atoms with Gasteiger partial charge in [-0.05, 0) is 42.9 Å². The summed E-state index contributed by atoms with van der Waals surface area (Å²) in [5, 5.41) is 0. The van der Waals surface area contributed by atoms with Crippen molar-refractivity contribution in [1.82, 2.24) is 4.90 Å². The molecule has 0 unspecified atom stereocenters. The Hall–Kier alpha value is -1.80. The Morgan fingerprint density at radius 1 is 1.00 bits per heavy atom. The summed E-state index contributed by atoms with van der Waals surface area (Å²) < 4.78 is 5.29. The third kappa shape index (κ3) is 2.90. The van der Waals surface area contributed by atoms with E-state index in [0.29, 0.717) is 0 Å². The highest BCUT2D eigenvalue weighted by Gasteiger charge is 2.06. The first kappa shape index (κ1) is 12.7. The number of nitrogens with zero attached hydrogens (tertiary/aromatic N) is 1. The fourth-order valence-corrected chi connectivity index (χ4v) is 2.07. The first-order valence-corrected chi connectivity index (χ1v) is 6.08. The summed E-state index contributed by atoms with van der Waals surface area (Å²) in [5.41, 5.74) is 3.80. The molecule has 0 aromatic heterocycles. The molecule has 2 nitrogen and oxygen atoms in total. The average Bonchev–Trinajstić information content (AvgIpc) is 2.39. The van der Waals surface area contributed by atoms with E-state index in [4.69, 9.17) is 4.74 Å². The number of rotatable bonds is 4. The Morgan fingerprint density at radius 3 is 2.50 bits per heavy atom. The van der Waals surface area contributed by atoms with Gasteiger partial charge in [0.1, 0.15) is 5.75 Å². The fraction of sp³-hybridized carbons (Fsp3) is 0.250. The highest BCUT2D eigenvalue weighted by Crippen LogP contribution is 2.27. The molecule has 0 spiro atoms. The van der Waals surface area contributed by atoms with Crippen LogP contribution < -0.4 is 4.74 Å². The lowest BCUT2D eigenvalue weighted by molar-refractivity contribution is 0.403. The molecular formula is C16H19NO. The first-order valence-electron chi connectivity index (χ1n) is 6.08. The summed E-state index contributed by atoms with van der Waals surface area (Å²) >= 11 is 0. The van der Waals surface area contributed by atoms with E-state index in [1.807, 2.05) is 12.1 Å². The van der Waals surface area contributed by atoms with Gasteiger partial charge in [0.15, 0.2) is 0 Å². The molecule has 2 heteroatoms. The Labute approximate surface area is 109 Å². The maximum Gasteiger partial charge on any atom is 0.119 e. The molecule has 0 bridgehead atoms. The maximum absolute atomic E-state index is 5.29. The van der Waals surface area contributed by atoms with Crippen molar-refractivity contribution in [3.63, 3.8) is 0 Å². The summed E-state index contributed by atoms with van der Waals surface area (Å²) in [5.74, 6) is 0.896. The molecule has 0 atom stereocenters. The third-order valence-corrected chi connectivity index (χ3v) is 2.88. The molecule has 2 aromatic carbocycles. The van der Waals surface area contributed by atoms with Crippen LogP contribution in [0.1, 0.15) is 5.56 Å². The molecule has 0 amide bonds. The van der Waals surface area contributed by atoms with Gasteiger partial charge in [-0.3, -0.25) is 0 Å². The minimum atomic E-state index is 0.896. The fourth-order valence-electron chi connectivity index (χ4n) is 2.07. The molecule has 94 valence electrons. The van der Waals surface area contributed by atoms with Gasteiger partial charge in [-0.2, -0.15) is 0 Å². The molecule has 2 rings (SSSR count). The van der Waals surface area contributed by atoms with Gasteiger partial charge in [0, 0.05) is 6.54 Å². The van der Waals surface area contributed by atoms with Gasteiger partial charge in [0.25, 0.3) is 0 Å². The van der Waals surface area contributed by atoms with E-state index in [9.17, 15) is 0 Å². The summed E-state index contributed by atoms with van der Waals surface area (Å²) in [6, 6.07) is 16.7. The highest BCUT2D eigenvalue weighted by molar-refractivity contribution is 5.68. The summed E-state index contributed by atoms with van der Waals surface area (Å²) in [6.07, 6.45) is 0. The quantitative estimate of drug-likeness (QED) is 0.813. The molecular weight excluding hydrogens is 222 g/mol. The van der Waals surface area contributed by atoms with Gasteiger partial charge in [0.05, 0.1) is 7.11 Å². The zero-order valence-corrected chi connectivity index (χ0v) is 11.2. The largest absolute Gasteiger partial charge is 0.497 e. The molecule has 0 heterocycles. The van der Waals surface area contributed by atoms with E-state index in [0.717, 1.165) is 12.3 Å². The Morgan fingerprint density at radius 2 is 1.78 bits per heavy atom. The SMILES string of the molecule is COc1cccc(-c2ccccc2CN(C)C)c1. The number of methoxy groups -OCH3 is 1. The first-order chi connectivity index (χ1) is 8.70. The Bertz CT molecular complexity index is 520. The molecule has 0 N–H and O–H groups in total. The lowest BCUT2D eigenvalue weighted by atomic mass is 9.99. The minimum Gasteiger partial charge on any atom is -0.497 e.